The highest BCUT2D eigenvalue weighted by Crippen LogP contribution is 2.47. The maximum absolute atomic E-state index is 14.0. The average molecular weight is 991 g/mol. The third-order valence-corrected chi connectivity index (χ3v) is 18.1. The van der Waals surface area contributed by atoms with E-state index in [1.165, 1.54) is 67.1 Å². The minimum absolute atomic E-state index is 0.0143. The van der Waals surface area contributed by atoms with Crippen LogP contribution in [0.5, 0.6) is 0 Å². The van der Waals surface area contributed by atoms with E-state index in [2.05, 4.69) is 34.3 Å². The van der Waals surface area contributed by atoms with Crippen LogP contribution in [0, 0.1) is 23.7 Å². The SMILES string of the molecule is COC(=O)NC1=C2/C(=C/CSSSC)[C@](O)(C#C/C=C\C#C[C@@H]2O[C@@H]2O[C@H](C)[C@@](SC)(C(CO)OC3C[C@H](O)[C@H](SC)[C@@H](C)O3)[C@H](O)[C@H]2O[C@H]2C[C@H](OC)[C@@H](NC(C)C)CO2)CC1=O. The molecule has 2 bridgehead atoms. The number of rotatable bonds is 18. The van der Waals surface area contributed by atoms with Gasteiger partial charge < -0.3 is 63.6 Å². The molecule has 6 N–H and O–H groups in total. The summed E-state index contributed by atoms with van der Waals surface area (Å²) in [5.74, 6) is 11.3. The zero-order valence-corrected chi connectivity index (χ0v) is 41.6. The zero-order chi connectivity index (χ0) is 46.8. The van der Waals surface area contributed by atoms with E-state index in [9.17, 15) is 30.0 Å². The highest BCUT2D eigenvalue weighted by Gasteiger charge is 2.61. The number of alkyl carbamates (subject to hydrolysis) is 1. The van der Waals surface area contributed by atoms with Crippen LogP contribution in [0.1, 0.15) is 47.0 Å². The Morgan fingerprint density at radius 3 is 2.47 bits per heavy atom. The Hall–Kier alpha value is -1.45. The molecule has 5 aliphatic rings. The molecule has 0 aromatic carbocycles. The van der Waals surface area contributed by atoms with E-state index >= 15 is 0 Å². The molecule has 3 aliphatic heterocycles. The Balaban J connectivity index is 1.61. The first-order valence-electron chi connectivity index (χ1n) is 20.9. The van der Waals surface area contributed by atoms with E-state index in [1.54, 1.807) is 26.4 Å². The van der Waals surface area contributed by atoms with Gasteiger partial charge in [-0.1, -0.05) is 65.2 Å². The van der Waals surface area contributed by atoms with Crippen molar-refractivity contribution < 1.29 is 67.9 Å². The number of allylic oxidation sites excluding steroid dienone is 3. The Morgan fingerprint density at radius 2 is 1.83 bits per heavy atom. The fourth-order valence-corrected chi connectivity index (χ4v) is 13.1. The summed E-state index contributed by atoms with van der Waals surface area (Å²) in [6, 6.07) is -0.0283. The van der Waals surface area contributed by atoms with Crippen LogP contribution in [0.15, 0.2) is 35.1 Å². The van der Waals surface area contributed by atoms with Crippen molar-refractivity contribution in [3.05, 3.63) is 35.1 Å². The van der Waals surface area contributed by atoms with Crippen LogP contribution < -0.4 is 10.6 Å². The molecule has 21 heteroatoms. The lowest BCUT2D eigenvalue weighted by Crippen LogP contribution is -2.71. The van der Waals surface area contributed by atoms with Gasteiger partial charge >= 0.3 is 6.09 Å². The van der Waals surface area contributed by atoms with Crippen LogP contribution in [0.3, 0.4) is 0 Å². The van der Waals surface area contributed by atoms with Crippen LogP contribution in [0.4, 0.5) is 4.79 Å². The summed E-state index contributed by atoms with van der Waals surface area (Å²) in [6.45, 7) is 7.22. The topological polar surface area (TPSA) is 213 Å². The van der Waals surface area contributed by atoms with Gasteiger partial charge in [0.1, 0.15) is 24.4 Å². The zero-order valence-electron chi connectivity index (χ0n) is 37.5. The maximum atomic E-state index is 14.0. The number of aliphatic hydroxyl groups excluding tert-OH is 3. The Bertz CT molecular complexity index is 1820. The highest BCUT2D eigenvalue weighted by atomic mass is 33.5. The number of Topliss-reactive ketones (excluding diaryl/α,β-unsaturated/α-hetero) is 1. The number of hydrogen-bond acceptors (Lipinski definition) is 20. The number of ether oxygens (including phenoxy) is 8. The van der Waals surface area contributed by atoms with Gasteiger partial charge in [0.2, 0.25) is 0 Å². The van der Waals surface area contributed by atoms with Gasteiger partial charge in [0.25, 0.3) is 0 Å². The van der Waals surface area contributed by atoms with E-state index in [0.29, 0.717) is 5.75 Å². The van der Waals surface area contributed by atoms with Crippen LogP contribution in [0.25, 0.3) is 0 Å². The molecule has 2 unspecified atom stereocenters. The maximum Gasteiger partial charge on any atom is 0.411 e. The van der Waals surface area contributed by atoms with Gasteiger partial charge in [0, 0.05) is 42.9 Å². The van der Waals surface area contributed by atoms with Crippen molar-refractivity contribution in [2.75, 3.05) is 52.0 Å². The lowest BCUT2D eigenvalue weighted by molar-refractivity contribution is -0.338. The van der Waals surface area contributed by atoms with E-state index < -0.39 is 90.7 Å². The lowest BCUT2D eigenvalue weighted by atomic mass is 9.75. The molecule has 1 amide bonds. The monoisotopic (exact) mass is 990 g/mol. The number of fused-ring (bicyclic) bond motifs is 2. The number of carbonyl (C=O) groups excluding carboxylic acids is 2. The molecule has 0 spiro atoms. The average Bonchev–Trinajstić information content (AvgIpc) is 3.25. The fourth-order valence-electron chi connectivity index (χ4n) is 8.68. The van der Waals surface area contributed by atoms with Crippen molar-refractivity contribution in [2.24, 2.45) is 0 Å². The summed E-state index contributed by atoms with van der Waals surface area (Å²) in [7, 11) is 7.28. The Kier molecular flexibility index (Phi) is 20.7. The number of methoxy groups -OCH3 is 2. The summed E-state index contributed by atoms with van der Waals surface area (Å²) in [5, 5.41) is 53.0. The Morgan fingerprint density at radius 1 is 1.08 bits per heavy atom. The van der Waals surface area contributed by atoms with Crippen molar-refractivity contribution >= 4 is 66.8 Å². The van der Waals surface area contributed by atoms with Crippen molar-refractivity contribution in [3.63, 3.8) is 0 Å². The third-order valence-electron chi connectivity index (χ3n) is 11.6. The molecule has 0 radical (unpaired) electrons. The van der Waals surface area contributed by atoms with Gasteiger partial charge in [-0.25, -0.2) is 4.79 Å². The molecule has 16 nitrogen and oxygen atoms in total. The molecule has 0 aromatic rings. The van der Waals surface area contributed by atoms with Crippen LogP contribution in [-0.4, -0.2) is 180 Å². The summed E-state index contributed by atoms with van der Waals surface area (Å²) >= 11 is 2.69. The second-order valence-electron chi connectivity index (χ2n) is 15.9. The van der Waals surface area contributed by atoms with Gasteiger partial charge in [0.15, 0.2) is 30.3 Å². The lowest BCUT2D eigenvalue weighted by Gasteiger charge is -2.54. The number of amides is 1. The number of nitrogens with one attached hydrogen (secondary N) is 2. The molecule has 5 rings (SSSR count). The first kappa shape index (κ1) is 53.5. The van der Waals surface area contributed by atoms with Crippen LogP contribution in [0.2, 0.25) is 0 Å². The van der Waals surface area contributed by atoms with E-state index in [4.69, 9.17) is 37.9 Å². The van der Waals surface area contributed by atoms with Crippen LogP contribution >= 0.6 is 54.9 Å². The second kappa shape index (κ2) is 24.7. The molecular weight excluding hydrogens is 929 g/mol. The van der Waals surface area contributed by atoms with Gasteiger partial charge in [0.05, 0.1) is 72.9 Å². The molecule has 2 aliphatic carbocycles. The minimum atomic E-state index is -2.02. The normalized spacial score (nSPS) is 38.2. The van der Waals surface area contributed by atoms with E-state index in [0.717, 1.165) is 7.11 Å². The van der Waals surface area contributed by atoms with E-state index in [1.807, 2.05) is 33.3 Å². The quantitative estimate of drug-likeness (QED) is 0.0662. The molecule has 0 aromatic heterocycles. The first-order chi connectivity index (χ1) is 30.6. The van der Waals surface area contributed by atoms with Crippen molar-refractivity contribution in [2.45, 2.75) is 142 Å². The molecule has 0 saturated carbocycles. The third kappa shape index (κ3) is 12.4. The second-order valence-corrected chi connectivity index (χ2v) is 22.5. The number of ketones is 1. The molecule has 3 heterocycles. The number of carbonyl (C=O) groups is 2. The number of aliphatic hydroxyl groups is 4. The smallest absolute Gasteiger partial charge is 0.411 e. The predicted octanol–water partition coefficient (Wildman–Crippen LogP) is 3.17. The van der Waals surface area contributed by atoms with Crippen molar-refractivity contribution in [1.29, 1.82) is 0 Å². The Labute approximate surface area is 396 Å². The van der Waals surface area contributed by atoms with Gasteiger partial charge in [-0.2, -0.15) is 23.5 Å². The summed E-state index contributed by atoms with van der Waals surface area (Å²) in [6.07, 6.45) is -2.18. The first-order valence-corrected chi connectivity index (χ1v) is 27.5. The minimum Gasteiger partial charge on any atom is -0.453 e. The van der Waals surface area contributed by atoms with Gasteiger partial charge in [-0.05, 0) is 54.6 Å². The summed E-state index contributed by atoms with van der Waals surface area (Å²) < 4.78 is 48.6. The standard InChI is InChI=1S/C43H62N2O14S5/c1-23(2)44-27-22-54-33(19-31(27)52-5)59-37-39(49)43(61-8,32(21-46)58-34-18-28(47)38(60-7)24(3)55-34)25(4)56-40(37)57-30-14-12-10-11-13-16-42(51)20-29(48)36(45-41(50)53-6)35(30)26(42)15-17-63-64-62-9/h10-11,15,23-25,27-28,30-34,37-40,44,46-47,49,51H,17-22H2,1-9H3,(H,45,50)/b11-10-,26-15-/t24-,25-,27+,28+,30+,31+,32?,33+,34?,37-,38-,39-,40+,42+,43-/m1/s1. The molecule has 15 atom stereocenters. The highest BCUT2D eigenvalue weighted by molar-refractivity contribution is 9.09. The molecule has 358 valence electrons. The van der Waals surface area contributed by atoms with Crippen molar-refractivity contribution in [1.82, 2.24) is 10.6 Å². The molecular formula is C43H62N2O14S5. The molecule has 3 fully saturated rings. The summed E-state index contributed by atoms with van der Waals surface area (Å²) in [4.78, 5) is 26.9. The van der Waals surface area contributed by atoms with Gasteiger partial charge in [-0.3, -0.25) is 10.1 Å². The largest absolute Gasteiger partial charge is 0.453 e. The molecule has 64 heavy (non-hydrogen) atoms. The number of hydrogen-bond donors (Lipinski definition) is 6. The predicted molar refractivity (Wildman–Crippen MR) is 251 cm³/mol. The van der Waals surface area contributed by atoms with Gasteiger partial charge in [-0.15, -0.1) is 0 Å². The van der Waals surface area contributed by atoms with Crippen molar-refractivity contribution in [3.8, 4) is 23.7 Å². The number of thioether (sulfide) groups is 2. The summed E-state index contributed by atoms with van der Waals surface area (Å²) in [5.41, 5.74) is -2.05. The van der Waals surface area contributed by atoms with E-state index in [-0.39, 0.29) is 65.8 Å². The van der Waals surface area contributed by atoms with Crippen LogP contribution in [-0.2, 0) is 42.7 Å². The molecule has 3 saturated heterocycles. The fraction of sp³-hybridized carbons (Fsp3) is 0.721.